The summed E-state index contributed by atoms with van der Waals surface area (Å²) < 4.78 is 25.8. The van der Waals surface area contributed by atoms with Crippen molar-refractivity contribution in [2.45, 2.75) is 36.5 Å². The zero-order chi connectivity index (χ0) is 22.5. The zero-order valence-corrected chi connectivity index (χ0v) is 17.9. The van der Waals surface area contributed by atoms with Crippen LogP contribution in [0.5, 0.6) is 0 Å². The highest BCUT2D eigenvalue weighted by Gasteiger charge is 2.44. The van der Waals surface area contributed by atoms with Crippen LogP contribution < -0.4 is 5.32 Å². The standard InChI is InChI=1S/C21H17ClN2O6S/c1-11-15(22)3-2-4-17(11)31(29,30)10-12-5-6-13-14(9-12)21(28)24(20(13)27)16-7-8-18(25)23-19(16)26/h2-6,9,16H,7-8,10H2,1H3,(H,23,25,26). The second kappa shape index (κ2) is 7.58. The van der Waals surface area contributed by atoms with Crippen LogP contribution in [0.1, 0.15) is 44.7 Å². The summed E-state index contributed by atoms with van der Waals surface area (Å²) in [7, 11) is -3.76. The van der Waals surface area contributed by atoms with Gasteiger partial charge in [-0.3, -0.25) is 29.4 Å². The predicted octanol–water partition coefficient (Wildman–Crippen LogP) is 2.02. The molecule has 1 fully saturated rings. The van der Waals surface area contributed by atoms with Crippen LogP contribution in [0.25, 0.3) is 0 Å². The molecule has 2 aliphatic rings. The van der Waals surface area contributed by atoms with Gasteiger partial charge in [0.1, 0.15) is 6.04 Å². The lowest BCUT2D eigenvalue weighted by molar-refractivity contribution is -0.136. The van der Waals surface area contributed by atoms with Crippen molar-refractivity contribution in [2.75, 3.05) is 0 Å². The van der Waals surface area contributed by atoms with E-state index in [1.165, 1.54) is 24.3 Å². The third-order valence-corrected chi connectivity index (χ3v) is 7.65. The molecule has 160 valence electrons. The maximum absolute atomic E-state index is 12.9. The quantitative estimate of drug-likeness (QED) is 0.697. The highest BCUT2D eigenvalue weighted by atomic mass is 35.5. The molecule has 0 radical (unpaired) electrons. The summed E-state index contributed by atoms with van der Waals surface area (Å²) in [4.78, 5) is 50.1. The third-order valence-electron chi connectivity index (χ3n) is 5.41. The van der Waals surface area contributed by atoms with E-state index in [1.54, 1.807) is 19.1 Å². The van der Waals surface area contributed by atoms with Crippen LogP contribution in [0.3, 0.4) is 0 Å². The van der Waals surface area contributed by atoms with Gasteiger partial charge in [0.05, 0.1) is 21.8 Å². The second-order valence-corrected chi connectivity index (χ2v) is 9.81. The molecule has 1 N–H and O–H groups in total. The molecule has 2 heterocycles. The minimum absolute atomic E-state index is 0.0201. The normalized spacial score (nSPS) is 18.9. The summed E-state index contributed by atoms with van der Waals surface area (Å²) in [5.41, 5.74) is 0.880. The predicted molar refractivity (Wildman–Crippen MR) is 110 cm³/mol. The molecule has 0 aromatic heterocycles. The van der Waals surface area contributed by atoms with Crippen LogP contribution in [0.2, 0.25) is 5.02 Å². The molecule has 2 aromatic rings. The Morgan fingerprint density at radius 3 is 2.48 bits per heavy atom. The van der Waals surface area contributed by atoms with Crippen molar-refractivity contribution in [1.82, 2.24) is 10.2 Å². The van der Waals surface area contributed by atoms with E-state index in [0.717, 1.165) is 4.90 Å². The van der Waals surface area contributed by atoms with Gasteiger partial charge in [0.15, 0.2) is 9.84 Å². The number of rotatable bonds is 4. The largest absolute Gasteiger partial charge is 0.295 e. The Kier molecular flexibility index (Phi) is 5.18. The number of halogens is 1. The fraction of sp³-hybridized carbons (Fsp3) is 0.238. The lowest BCUT2D eigenvalue weighted by Gasteiger charge is -2.27. The first-order valence-electron chi connectivity index (χ1n) is 9.42. The number of nitrogens with zero attached hydrogens (tertiary/aromatic N) is 1. The topological polar surface area (TPSA) is 118 Å². The molecule has 0 spiro atoms. The highest BCUT2D eigenvalue weighted by molar-refractivity contribution is 7.90. The van der Waals surface area contributed by atoms with E-state index < -0.39 is 39.5 Å². The van der Waals surface area contributed by atoms with Crippen LogP contribution >= 0.6 is 11.6 Å². The van der Waals surface area contributed by atoms with E-state index in [1.807, 2.05) is 0 Å². The number of benzene rings is 2. The minimum atomic E-state index is -3.76. The van der Waals surface area contributed by atoms with Crippen LogP contribution in [0.15, 0.2) is 41.3 Å². The molecule has 4 amide bonds. The Bertz CT molecular complexity index is 1270. The lowest BCUT2D eigenvalue weighted by Crippen LogP contribution is -2.54. The Morgan fingerprint density at radius 1 is 1.06 bits per heavy atom. The van der Waals surface area contributed by atoms with E-state index in [2.05, 4.69) is 5.32 Å². The number of carbonyl (C=O) groups is 4. The van der Waals surface area contributed by atoms with Crippen molar-refractivity contribution in [3.05, 3.63) is 63.7 Å². The first-order chi connectivity index (χ1) is 14.6. The number of imide groups is 2. The Labute approximate surface area is 183 Å². The number of carbonyl (C=O) groups excluding carboxylic acids is 4. The fourth-order valence-electron chi connectivity index (χ4n) is 3.83. The number of hydrogen-bond acceptors (Lipinski definition) is 6. The summed E-state index contributed by atoms with van der Waals surface area (Å²) in [6.07, 6.45) is 0.0672. The summed E-state index contributed by atoms with van der Waals surface area (Å²) >= 11 is 6.04. The molecule has 2 aromatic carbocycles. The molecule has 0 saturated carbocycles. The van der Waals surface area contributed by atoms with Gasteiger partial charge in [-0.15, -0.1) is 0 Å². The molecule has 4 rings (SSSR count). The lowest BCUT2D eigenvalue weighted by atomic mass is 10.0. The number of piperidine rings is 1. The van der Waals surface area contributed by atoms with Crippen molar-refractivity contribution in [1.29, 1.82) is 0 Å². The average Bonchev–Trinajstić information content (AvgIpc) is 2.94. The van der Waals surface area contributed by atoms with Crippen LogP contribution in [0, 0.1) is 6.92 Å². The molecule has 0 bridgehead atoms. The van der Waals surface area contributed by atoms with Gasteiger partial charge >= 0.3 is 0 Å². The minimum Gasteiger partial charge on any atom is -0.295 e. The van der Waals surface area contributed by atoms with Gasteiger partial charge in [0.2, 0.25) is 11.8 Å². The van der Waals surface area contributed by atoms with E-state index in [0.29, 0.717) is 16.1 Å². The van der Waals surface area contributed by atoms with Gasteiger partial charge in [-0.2, -0.15) is 0 Å². The van der Waals surface area contributed by atoms with E-state index in [4.69, 9.17) is 11.6 Å². The maximum Gasteiger partial charge on any atom is 0.262 e. The van der Waals surface area contributed by atoms with Crippen LogP contribution in [-0.2, 0) is 25.2 Å². The molecular weight excluding hydrogens is 444 g/mol. The smallest absolute Gasteiger partial charge is 0.262 e. The molecule has 31 heavy (non-hydrogen) atoms. The monoisotopic (exact) mass is 460 g/mol. The number of nitrogens with one attached hydrogen (secondary N) is 1. The average molecular weight is 461 g/mol. The van der Waals surface area contributed by atoms with Gasteiger partial charge in [-0.1, -0.05) is 23.7 Å². The summed E-state index contributed by atoms with van der Waals surface area (Å²) in [6, 6.07) is 7.74. The Balaban J connectivity index is 1.64. The van der Waals surface area contributed by atoms with Gasteiger partial charge in [-0.05, 0) is 48.7 Å². The van der Waals surface area contributed by atoms with Crippen molar-refractivity contribution < 1.29 is 27.6 Å². The second-order valence-electron chi connectivity index (χ2n) is 7.45. The van der Waals surface area contributed by atoms with Gasteiger partial charge in [-0.25, -0.2) is 8.42 Å². The SMILES string of the molecule is Cc1c(Cl)cccc1S(=O)(=O)Cc1ccc2c(c1)C(=O)N(C1CCC(=O)NC1=O)C2=O. The Morgan fingerprint density at radius 2 is 1.77 bits per heavy atom. The first-order valence-corrected chi connectivity index (χ1v) is 11.5. The van der Waals surface area contributed by atoms with Gasteiger partial charge in [0, 0.05) is 11.4 Å². The summed E-state index contributed by atoms with van der Waals surface area (Å²) in [6.45, 7) is 1.61. The molecular formula is C21H17ClN2O6S. The summed E-state index contributed by atoms with van der Waals surface area (Å²) in [5.74, 6) is -2.88. The molecule has 1 unspecified atom stereocenters. The maximum atomic E-state index is 12.9. The van der Waals surface area contributed by atoms with E-state index in [9.17, 15) is 27.6 Å². The van der Waals surface area contributed by atoms with Crippen molar-refractivity contribution in [3.8, 4) is 0 Å². The highest BCUT2D eigenvalue weighted by Crippen LogP contribution is 2.30. The number of hydrogen-bond donors (Lipinski definition) is 1. The number of amides is 4. The van der Waals surface area contributed by atoms with Crippen LogP contribution in [-0.4, -0.2) is 43.0 Å². The van der Waals surface area contributed by atoms with Crippen molar-refractivity contribution in [2.24, 2.45) is 0 Å². The van der Waals surface area contributed by atoms with Crippen molar-refractivity contribution in [3.63, 3.8) is 0 Å². The van der Waals surface area contributed by atoms with Gasteiger partial charge < -0.3 is 0 Å². The van der Waals surface area contributed by atoms with Crippen molar-refractivity contribution >= 4 is 45.1 Å². The summed E-state index contributed by atoms with van der Waals surface area (Å²) in [5, 5.41) is 2.46. The molecule has 1 saturated heterocycles. The molecule has 1 atom stereocenters. The fourth-order valence-corrected chi connectivity index (χ4v) is 5.70. The third kappa shape index (κ3) is 3.64. The number of sulfone groups is 1. The Hall–Kier alpha value is -3.04. The van der Waals surface area contributed by atoms with E-state index in [-0.39, 0.29) is 34.6 Å². The molecule has 0 aliphatic carbocycles. The molecule has 10 heteroatoms. The molecule has 8 nitrogen and oxygen atoms in total. The van der Waals surface area contributed by atoms with Crippen LogP contribution in [0.4, 0.5) is 0 Å². The number of fused-ring (bicyclic) bond motifs is 1. The van der Waals surface area contributed by atoms with Gasteiger partial charge in [0.25, 0.3) is 11.8 Å². The van der Waals surface area contributed by atoms with E-state index >= 15 is 0 Å². The first kappa shape index (κ1) is 21.2. The molecule has 2 aliphatic heterocycles. The zero-order valence-electron chi connectivity index (χ0n) is 16.3.